The van der Waals surface area contributed by atoms with Crippen molar-refractivity contribution in [1.29, 1.82) is 0 Å². The molecule has 0 atom stereocenters. The molecule has 20 heavy (non-hydrogen) atoms. The summed E-state index contributed by atoms with van der Waals surface area (Å²) in [4.78, 5) is 29.8. The Kier molecular flexibility index (Phi) is 4.12. The molecule has 0 fully saturated rings. The highest BCUT2D eigenvalue weighted by atomic mass is 16.4. The average molecular weight is 274 g/mol. The molecule has 0 aromatic carbocycles. The van der Waals surface area contributed by atoms with E-state index in [0.717, 1.165) is 0 Å². The normalized spacial score (nSPS) is 9.80. The lowest BCUT2D eigenvalue weighted by molar-refractivity contribution is -0.136. The smallest absolute Gasteiger partial charge is 0.326 e. The van der Waals surface area contributed by atoms with Crippen LogP contribution in [0.3, 0.4) is 0 Å². The minimum absolute atomic E-state index is 0.0699. The zero-order valence-electron chi connectivity index (χ0n) is 10.1. The SMILES string of the molecule is O=C(O)Cc1ccc(NC(=O)Nc2nccnn2)cn1. The Morgan fingerprint density at radius 3 is 2.60 bits per heavy atom. The molecule has 2 aromatic rings. The summed E-state index contributed by atoms with van der Waals surface area (Å²) in [5.74, 6) is -0.898. The van der Waals surface area contributed by atoms with E-state index in [1.54, 1.807) is 6.07 Å². The van der Waals surface area contributed by atoms with Gasteiger partial charge < -0.3 is 10.4 Å². The van der Waals surface area contributed by atoms with Gasteiger partial charge in [0, 0.05) is 0 Å². The molecule has 2 aromatic heterocycles. The molecule has 0 spiro atoms. The molecule has 3 N–H and O–H groups in total. The average Bonchev–Trinajstić information content (AvgIpc) is 2.41. The number of carbonyl (C=O) groups excluding carboxylic acids is 1. The zero-order chi connectivity index (χ0) is 14.4. The molecule has 0 aliphatic heterocycles. The van der Waals surface area contributed by atoms with Gasteiger partial charge in [0.2, 0.25) is 0 Å². The number of aromatic nitrogens is 4. The molecule has 9 nitrogen and oxygen atoms in total. The van der Waals surface area contributed by atoms with Crippen molar-refractivity contribution in [3.8, 4) is 0 Å². The highest BCUT2D eigenvalue weighted by molar-refractivity contribution is 5.98. The Morgan fingerprint density at radius 1 is 1.15 bits per heavy atom. The fourth-order valence-corrected chi connectivity index (χ4v) is 1.33. The molecule has 0 bridgehead atoms. The number of anilines is 2. The van der Waals surface area contributed by atoms with Gasteiger partial charge in [-0.15, -0.1) is 5.10 Å². The van der Waals surface area contributed by atoms with Crippen LogP contribution in [0.2, 0.25) is 0 Å². The second-order valence-corrected chi connectivity index (χ2v) is 3.65. The number of carboxylic acid groups (broad SMARTS) is 1. The van der Waals surface area contributed by atoms with Crippen LogP contribution in [0.4, 0.5) is 16.4 Å². The number of hydrogen-bond acceptors (Lipinski definition) is 6. The largest absolute Gasteiger partial charge is 0.481 e. The Hall–Kier alpha value is -3.10. The highest BCUT2D eigenvalue weighted by Gasteiger charge is 2.06. The van der Waals surface area contributed by atoms with Gasteiger partial charge in [-0.1, -0.05) is 0 Å². The predicted molar refractivity (Wildman–Crippen MR) is 68.0 cm³/mol. The van der Waals surface area contributed by atoms with E-state index in [9.17, 15) is 9.59 Å². The number of pyridine rings is 1. The molecule has 2 amide bonds. The number of hydrogen-bond donors (Lipinski definition) is 3. The number of urea groups is 1. The van der Waals surface area contributed by atoms with Gasteiger partial charge in [0.1, 0.15) is 0 Å². The molecule has 2 heterocycles. The number of nitrogens with zero attached hydrogens (tertiary/aromatic N) is 4. The van der Waals surface area contributed by atoms with E-state index in [1.807, 2.05) is 0 Å². The summed E-state index contributed by atoms with van der Waals surface area (Å²) < 4.78 is 0. The summed E-state index contributed by atoms with van der Waals surface area (Å²) in [7, 11) is 0. The van der Waals surface area contributed by atoms with E-state index < -0.39 is 12.0 Å². The standard InChI is InChI=1S/C11H10N6O3/c18-9(19)5-7-1-2-8(6-13-7)15-11(20)16-10-12-3-4-14-17-10/h1-4,6H,5H2,(H,18,19)(H2,12,15,16,17,20). The Bertz CT molecular complexity index is 601. The van der Waals surface area contributed by atoms with Crippen LogP contribution in [0.15, 0.2) is 30.7 Å². The van der Waals surface area contributed by atoms with Crippen LogP contribution in [-0.2, 0) is 11.2 Å². The van der Waals surface area contributed by atoms with Crippen molar-refractivity contribution in [2.45, 2.75) is 6.42 Å². The molecular formula is C11H10N6O3. The molecule has 0 aliphatic carbocycles. The first kappa shape index (κ1) is 13.3. The minimum Gasteiger partial charge on any atom is -0.481 e. The Labute approximate surface area is 113 Å². The summed E-state index contributed by atoms with van der Waals surface area (Å²) in [6.07, 6.45) is 3.97. The molecule has 102 valence electrons. The van der Waals surface area contributed by atoms with E-state index in [0.29, 0.717) is 11.4 Å². The highest BCUT2D eigenvalue weighted by Crippen LogP contribution is 2.07. The number of rotatable bonds is 4. The molecule has 0 radical (unpaired) electrons. The van der Waals surface area contributed by atoms with Crippen LogP contribution < -0.4 is 10.6 Å². The summed E-state index contributed by atoms with van der Waals surface area (Å²) >= 11 is 0. The second-order valence-electron chi connectivity index (χ2n) is 3.65. The van der Waals surface area contributed by atoms with Crippen LogP contribution in [0, 0.1) is 0 Å². The van der Waals surface area contributed by atoms with Crippen LogP contribution in [0.25, 0.3) is 0 Å². The minimum atomic E-state index is -0.968. The maximum atomic E-state index is 11.6. The topological polar surface area (TPSA) is 130 Å². The van der Waals surface area contributed by atoms with Crippen molar-refractivity contribution >= 4 is 23.6 Å². The van der Waals surface area contributed by atoms with Crippen LogP contribution in [0.1, 0.15) is 5.69 Å². The number of nitrogens with one attached hydrogen (secondary N) is 2. The van der Waals surface area contributed by atoms with Crippen LogP contribution in [0.5, 0.6) is 0 Å². The number of aliphatic carboxylic acids is 1. The molecule has 0 saturated heterocycles. The van der Waals surface area contributed by atoms with Crippen molar-refractivity contribution in [1.82, 2.24) is 20.2 Å². The summed E-state index contributed by atoms with van der Waals surface area (Å²) in [6.45, 7) is 0. The third kappa shape index (κ3) is 3.98. The van der Waals surface area contributed by atoms with Gasteiger partial charge in [0.05, 0.1) is 36.4 Å². The fraction of sp³-hybridized carbons (Fsp3) is 0.0909. The van der Waals surface area contributed by atoms with Crippen molar-refractivity contribution < 1.29 is 14.7 Å². The first-order valence-electron chi connectivity index (χ1n) is 5.52. The molecule has 9 heteroatoms. The monoisotopic (exact) mass is 274 g/mol. The van der Waals surface area contributed by atoms with E-state index >= 15 is 0 Å². The first-order chi connectivity index (χ1) is 9.63. The van der Waals surface area contributed by atoms with Crippen LogP contribution in [-0.4, -0.2) is 37.3 Å². The summed E-state index contributed by atoms with van der Waals surface area (Å²) in [5.41, 5.74) is 0.819. The zero-order valence-corrected chi connectivity index (χ0v) is 10.1. The molecule has 0 aliphatic rings. The third-order valence-electron chi connectivity index (χ3n) is 2.12. The quantitative estimate of drug-likeness (QED) is 0.741. The first-order valence-corrected chi connectivity index (χ1v) is 5.52. The maximum absolute atomic E-state index is 11.6. The van der Waals surface area contributed by atoms with Crippen molar-refractivity contribution in [3.63, 3.8) is 0 Å². The van der Waals surface area contributed by atoms with Crippen molar-refractivity contribution in [3.05, 3.63) is 36.4 Å². The predicted octanol–water partition coefficient (Wildman–Crippen LogP) is 0.538. The van der Waals surface area contributed by atoms with E-state index in [1.165, 1.54) is 24.7 Å². The molecule has 2 rings (SSSR count). The van der Waals surface area contributed by atoms with Crippen molar-refractivity contribution in [2.24, 2.45) is 0 Å². The summed E-state index contributed by atoms with van der Waals surface area (Å²) in [6, 6.07) is 2.52. The van der Waals surface area contributed by atoms with Gasteiger partial charge in [-0.3, -0.25) is 15.1 Å². The third-order valence-corrected chi connectivity index (χ3v) is 2.12. The maximum Gasteiger partial charge on any atom is 0.326 e. The van der Waals surface area contributed by atoms with Gasteiger partial charge in [-0.05, 0) is 12.1 Å². The van der Waals surface area contributed by atoms with Crippen molar-refractivity contribution in [2.75, 3.05) is 10.6 Å². The lowest BCUT2D eigenvalue weighted by Crippen LogP contribution is -2.21. The number of carboxylic acids is 1. The van der Waals surface area contributed by atoms with Gasteiger partial charge in [-0.25, -0.2) is 9.78 Å². The number of amides is 2. The number of carbonyl (C=O) groups is 2. The molecular weight excluding hydrogens is 264 g/mol. The molecule has 0 saturated carbocycles. The van der Waals surface area contributed by atoms with E-state index in [4.69, 9.17) is 5.11 Å². The van der Waals surface area contributed by atoms with Gasteiger partial charge in [-0.2, -0.15) is 5.10 Å². The van der Waals surface area contributed by atoms with E-state index in [-0.39, 0.29) is 12.4 Å². The Morgan fingerprint density at radius 2 is 2.00 bits per heavy atom. The lowest BCUT2D eigenvalue weighted by atomic mass is 10.2. The van der Waals surface area contributed by atoms with E-state index in [2.05, 4.69) is 30.8 Å². The van der Waals surface area contributed by atoms with Gasteiger partial charge >= 0.3 is 12.0 Å². The summed E-state index contributed by atoms with van der Waals surface area (Å²) in [5, 5.41) is 20.6. The second kappa shape index (κ2) is 6.18. The Balaban J connectivity index is 1.93. The fourth-order valence-electron chi connectivity index (χ4n) is 1.33. The van der Waals surface area contributed by atoms with Crippen LogP contribution >= 0.6 is 0 Å². The van der Waals surface area contributed by atoms with Gasteiger partial charge in [0.15, 0.2) is 0 Å². The lowest BCUT2D eigenvalue weighted by Gasteiger charge is -2.05. The van der Waals surface area contributed by atoms with Gasteiger partial charge in [0.25, 0.3) is 5.95 Å². The molecule has 0 unspecified atom stereocenters.